The molecule has 0 aliphatic carbocycles. The van der Waals surface area contributed by atoms with Crippen LogP contribution in [0.25, 0.3) is 11.0 Å². The average Bonchev–Trinajstić information content (AvgIpc) is 2.93. The van der Waals surface area contributed by atoms with Crippen LogP contribution in [-0.4, -0.2) is 14.5 Å². The number of thiazole rings is 1. The zero-order valence-electron chi connectivity index (χ0n) is 10.9. The van der Waals surface area contributed by atoms with Crippen LogP contribution in [0.1, 0.15) is 23.7 Å². The predicted molar refractivity (Wildman–Crippen MR) is 82.5 cm³/mol. The van der Waals surface area contributed by atoms with Crippen LogP contribution in [0.5, 0.6) is 0 Å². The highest BCUT2D eigenvalue weighted by Crippen LogP contribution is 2.31. The van der Waals surface area contributed by atoms with Gasteiger partial charge in [0.25, 0.3) is 0 Å². The molecule has 2 N–H and O–H groups in total. The summed E-state index contributed by atoms with van der Waals surface area (Å²) in [4.78, 5) is 8.71. The fourth-order valence-electron chi connectivity index (χ4n) is 2.19. The van der Waals surface area contributed by atoms with Crippen LogP contribution >= 0.6 is 27.3 Å². The van der Waals surface area contributed by atoms with Crippen LogP contribution in [0.2, 0.25) is 0 Å². The normalized spacial score (nSPS) is 13.0. The standard InChI is InChI=1S/C13H12BrFN4S/c1-6-5-20-12(17-6)7(2)19-11-3-8(14)9(15)4-10(11)18-13(19)16/h3-5,7H,1-2H3,(H2,16,18). The molecule has 2 heterocycles. The number of anilines is 1. The van der Waals surface area contributed by atoms with Crippen molar-refractivity contribution in [1.82, 2.24) is 14.5 Å². The Labute approximate surface area is 127 Å². The quantitative estimate of drug-likeness (QED) is 0.759. The molecule has 0 aliphatic rings. The van der Waals surface area contributed by atoms with Gasteiger partial charge in [0.15, 0.2) is 0 Å². The molecule has 2 aromatic heterocycles. The smallest absolute Gasteiger partial charge is 0.201 e. The third-order valence-corrected chi connectivity index (χ3v) is 4.88. The number of benzene rings is 1. The van der Waals surface area contributed by atoms with Gasteiger partial charge in [-0.2, -0.15) is 0 Å². The summed E-state index contributed by atoms with van der Waals surface area (Å²) in [6.45, 7) is 3.96. The van der Waals surface area contributed by atoms with E-state index < -0.39 is 0 Å². The molecule has 1 unspecified atom stereocenters. The third-order valence-electron chi connectivity index (χ3n) is 3.14. The average molecular weight is 355 g/mol. The first kappa shape index (κ1) is 13.5. The first-order valence-corrected chi connectivity index (χ1v) is 7.69. The molecule has 0 radical (unpaired) electrons. The molecule has 1 atom stereocenters. The summed E-state index contributed by atoms with van der Waals surface area (Å²) in [7, 11) is 0. The second-order valence-electron chi connectivity index (χ2n) is 4.60. The number of fused-ring (bicyclic) bond motifs is 1. The Hall–Kier alpha value is -1.47. The van der Waals surface area contributed by atoms with Crippen molar-refractivity contribution >= 4 is 44.2 Å². The predicted octanol–water partition coefficient (Wildman–Crippen LogP) is 3.89. The van der Waals surface area contributed by atoms with Crippen LogP contribution in [0.4, 0.5) is 10.3 Å². The highest BCUT2D eigenvalue weighted by atomic mass is 79.9. The van der Waals surface area contributed by atoms with Crippen molar-refractivity contribution in [1.29, 1.82) is 0 Å². The maximum absolute atomic E-state index is 13.6. The molecular formula is C13H12BrFN4S. The number of nitrogen functional groups attached to an aromatic ring is 1. The zero-order chi connectivity index (χ0) is 14.4. The molecule has 0 saturated heterocycles. The van der Waals surface area contributed by atoms with Gasteiger partial charge in [0.05, 0.1) is 21.5 Å². The summed E-state index contributed by atoms with van der Waals surface area (Å²) in [5.41, 5.74) is 8.30. The van der Waals surface area contributed by atoms with Crippen molar-refractivity contribution in [2.45, 2.75) is 19.9 Å². The van der Waals surface area contributed by atoms with Gasteiger partial charge in [-0.15, -0.1) is 11.3 Å². The Morgan fingerprint density at radius 3 is 2.80 bits per heavy atom. The SMILES string of the molecule is Cc1csc(C(C)n2c(N)nc3cc(F)c(Br)cc32)n1. The molecule has 0 spiro atoms. The van der Waals surface area contributed by atoms with E-state index in [1.165, 1.54) is 6.07 Å². The molecule has 104 valence electrons. The minimum Gasteiger partial charge on any atom is -0.369 e. The molecule has 1 aromatic carbocycles. The van der Waals surface area contributed by atoms with Crippen LogP contribution in [-0.2, 0) is 0 Å². The van der Waals surface area contributed by atoms with E-state index in [0.717, 1.165) is 16.2 Å². The van der Waals surface area contributed by atoms with Crippen LogP contribution < -0.4 is 5.73 Å². The van der Waals surface area contributed by atoms with Gasteiger partial charge in [-0.25, -0.2) is 14.4 Å². The monoisotopic (exact) mass is 354 g/mol. The summed E-state index contributed by atoms with van der Waals surface area (Å²) in [6.07, 6.45) is 0. The van der Waals surface area contributed by atoms with Crippen molar-refractivity contribution < 1.29 is 4.39 Å². The Morgan fingerprint density at radius 2 is 2.15 bits per heavy atom. The molecule has 0 bridgehead atoms. The van der Waals surface area contributed by atoms with E-state index in [9.17, 15) is 4.39 Å². The largest absolute Gasteiger partial charge is 0.369 e. The lowest BCUT2D eigenvalue weighted by Gasteiger charge is -2.13. The number of hydrogen-bond acceptors (Lipinski definition) is 4. The first-order valence-electron chi connectivity index (χ1n) is 6.02. The molecule has 7 heteroatoms. The number of aryl methyl sites for hydroxylation is 1. The Morgan fingerprint density at radius 1 is 1.40 bits per heavy atom. The molecule has 0 amide bonds. The number of nitrogens with zero attached hydrogens (tertiary/aromatic N) is 3. The first-order chi connectivity index (χ1) is 9.47. The van der Waals surface area contributed by atoms with E-state index in [0.29, 0.717) is 15.9 Å². The molecule has 20 heavy (non-hydrogen) atoms. The molecule has 3 aromatic rings. The molecule has 0 saturated carbocycles. The minimum atomic E-state index is -0.347. The van der Waals surface area contributed by atoms with Gasteiger partial charge in [-0.3, -0.25) is 0 Å². The topological polar surface area (TPSA) is 56.7 Å². The lowest BCUT2D eigenvalue weighted by Crippen LogP contribution is -2.10. The number of imidazole rings is 1. The van der Waals surface area contributed by atoms with E-state index >= 15 is 0 Å². The second kappa shape index (κ2) is 4.82. The van der Waals surface area contributed by atoms with Gasteiger partial charge < -0.3 is 10.3 Å². The molecular weight excluding hydrogens is 343 g/mol. The molecule has 4 nitrogen and oxygen atoms in total. The van der Waals surface area contributed by atoms with Gasteiger partial charge >= 0.3 is 0 Å². The lowest BCUT2D eigenvalue weighted by molar-refractivity contribution is 0.622. The van der Waals surface area contributed by atoms with Crippen molar-refractivity contribution in [2.75, 3.05) is 5.73 Å². The number of aromatic nitrogens is 3. The zero-order valence-corrected chi connectivity index (χ0v) is 13.3. The van der Waals surface area contributed by atoms with Crippen LogP contribution in [0.3, 0.4) is 0 Å². The Kier molecular flexibility index (Phi) is 3.25. The maximum atomic E-state index is 13.6. The van der Waals surface area contributed by atoms with E-state index in [1.54, 1.807) is 17.4 Å². The number of hydrogen-bond donors (Lipinski definition) is 1. The Bertz CT molecular complexity index is 795. The van der Waals surface area contributed by atoms with Crippen molar-refractivity contribution in [3.63, 3.8) is 0 Å². The van der Waals surface area contributed by atoms with Crippen molar-refractivity contribution in [3.8, 4) is 0 Å². The molecule has 0 aliphatic heterocycles. The Balaban J connectivity index is 2.20. The van der Waals surface area contributed by atoms with Crippen molar-refractivity contribution in [3.05, 3.63) is 38.5 Å². The maximum Gasteiger partial charge on any atom is 0.201 e. The van der Waals surface area contributed by atoms with E-state index in [2.05, 4.69) is 25.9 Å². The highest BCUT2D eigenvalue weighted by molar-refractivity contribution is 9.10. The number of halogens is 2. The van der Waals surface area contributed by atoms with Gasteiger partial charge in [0.2, 0.25) is 5.95 Å². The molecule has 3 rings (SSSR count). The summed E-state index contributed by atoms with van der Waals surface area (Å²) in [6, 6.07) is 3.04. The second-order valence-corrected chi connectivity index (χ2v) is 6.34. The summed E-state index contributed by atoms with van der Waals surface area (Å²) >= 11 is 4.78. The number of rotatable bonds is 2. The number of nitrogens with two attached hydrogens (primary N) is 1. The van der Waals surface area contributed by atoms with E-state index in [1.807, 2.05) is 23.8 Å². The minimum absolute atomic E-state index is 0.0453. The van der Waals surface area contributed by atoms with Gasteiger partial charge in [0.1, 0.15) is 10.8 Å². The highest BCUT2D eigenvalue weighted by Gasteiger charge is 2.19. The summed E-state index contributed by atoms with van der Waals surface area (Å²) in [5.74, 6) is 0.0118. The third kappa shape index (κ3) is 2.10. The summed E-state index contributed by atoms with van der Waals surface area (Å²) in [5, 5.41) is 2.95. The summed E-state index contributed by atoms with van der Waals surface area (Å²) < 4.78 is 15.8. The lowest BCUT2D eigenvalue weighted by atomic mass is 10.2. The van der Waals surface area contributed by atoms with Gasteiger partial charge in [0, 0.05) is 17.1 Å². The van der Waals surface area contributed by atoms with Crippen molar-refractivity contribution in [2.24, 2.45) is 0 Å². The fraction of sp³-hybridized carbons (Fsp3) is 0.231. The fourth-order valence-corrected chi connectivity index (χ4v) is 3.36. The van der Waals surface area contributed by atoms with Crippen LogP contribution in [0.15, 0.2) is 22.0 Å². The van der Waals surface area contributed by atoms with Gasteiger partial charge in [-0.05, 0) is 35.8 Å². The van der Waals surface area contributed by atoms with E-state index in [4.69, 9.17) is 5.73 Å². The molecule has 0 fully saturated rings. The van der Waals surface area contributed by atoms with Gasteiger partial charge in [-0.1, -0.05) is 0 Å². The van der Waals surface area contributed by atoms with Crippen LogP contribution in [0, 0.1) is 12.7 Å². The van der Waals surface area contributed by atoms with E-state index in [-0.39, 0.29) is 11.9 Å².